The summed E-state index contributed by atoms with van der Waals surface area (Å²) in [5.74, 6) is 0.530. The molecule has 0 saturated carbocycles. The van der Waals surface area contributed by atoms with Gasteiger partial charge in [-0.05, 0) is 57.4 Å². The Morgan fingerprint density at radius 3 is 2.71 bits per heavy atom. The van der Waals surface area contributed by atoms with E-state index in [4.69, 9.17) is 4.74 Å². The van der Waals surface area contributed by atoms with Crippen molar-refractivity contribution in [3.05, 3.63) is 59.0 Å². The monoisotopic (exact) mass is 492 g/mol. The maximum atomic E-state index is 13.8. The van der Waals surface area contributed by atoms with Gasteiger partial charge in [0.05, 0.1) is 25.5 Å². The molecule has 4 rings (SSSR count). The molecule has 3 aromatic rings. The molecular formula is C26H32F4N4O. The summed E-state index contributed by atoms with van der Waals surface area (Å²) >= 11 is 0. The van der Waals surface area contributed by atoms with Crippen LogP contribution in [0.1, 0.15) is 48.7 Å². The van der Waals surface area contributed by atoms with Crippen molar-refractivity contribution in [2.75, 3.05) is 32.9 Å². The molecule has 0 radical (unpaired) electrons. The van der Waals surface area contributed by atoms with E-state index >= 15 is 0 Å². The molecule has 2 aromatic heterocycles. The van der Waals surface area contributed by atoms with E-state index in [0.29, 0.717) is 43.9 Å². The molecular weight excluding hydrogens is 460 g/mol. The van der Waals surface area contributed by atoms with Crippen LogP contribution < -0.4 is 10.1 Å². The summed E-state index contributed by atoms with van der Waals surface area (Å²) in [4.78, 5) is 9.28. The fourth-order valence-corrected chi connectivity index (χ4v) is 5.00. The van der Waals surface area contributed by atoms with Crippen LogP contribution in [0.5, 0.6) is 5.75 Å². The Labute approximate surface area is 202 Å². The number of fused-ring (bicyclic) bond motifs is 3. The Kier molecular flexibility index (Phi) is 7.38. The van der Waals surface area contributed by atoms with E-state index in [1.54, 1.807) is 12.4 Å². The van der Waals surface area contributed by atoms with Gasteiger partial charge in [-0.15, -0.1) is 0 Å². The Bertz CT molecular complexity index is 1160. The summed E-state index contributed by atoms with van der Waals surface area (Å²) < 4.78 is 59.6. The van der Waals surface area contributed by atoms with Gasteiger partial charge in [0.1, 0.15) is 12.4 Å². The zero-order valence-corrected chi connectivity index (χ0v) is 20.3. The van der Waals surface area contributed by atoms with Crippen molar-refractivity contribution in [2.24, 2.45) is 0 Å². The van der Waals surface area contributed by atoms with Crippen molar-refractivity contribution in [3.63, 3.8) is 0 Å². The van der Waals surface area contributed by atoms with Gasteiger partial charge in [-0.25, -0.2) is 0 Å². The van der Waals surface area contributed by atoms with Crippen LogP contribution in [0.15, 0.2) is 36.7 Å². The summed E-state index contributed by atoms with van der Waals surface area (Å²) in [6, 6.07) is 7.16. The second-order valence-corrected chi connectivity index (χ2v) is 9.69. The summed E-state index contributed by atoms with van der Waals surface area (Å²) in [6.45, 7) is 5.61. The van der Waals surface area contributed by atoms with E-state index in [9.17, 15) is 17.6 Å². The third kappa shape index (κ3) is 5.46. The zero-order valence-electron chi connectivity index (χ0n) is 20.3. The van der Waals surface area contributed by atoms with E-state index in [2.05, 4.69) is 15.3 Å². The largest absolute Gasteiger partial charge is 0.490 e. The lowest BCUT2D eigenvalue weighted by molar-refractivity contribution is -0.164. The first kappa shape index (κ1) is 25.4. The molecule has 1 atom stereocenters. The second-order valence-electron chi connectivity index (χ2n) is 9.69. The van der Waals surface area contributed by atoms with Crippen molar-refractivity contribution in [1.29, 1.82) is 0 Å². The number of aromatic nitrogens is 2. The Morgan fingerprint density at radius 2 is 1.97 bits per heavy atom. The summed E-state index contributed by atoms with van der Waals surface area (Å²) in [7, 11) is 0. The number of nitrogens with zero attached hydrogens (tertiary/aromatic N) is 2. The van der Waals surface area contributed by atoms with Crippen molar-refractivity contribution in [2.45, 2.75) is 51.4 Å². The van der Waals surface area contributed by atoms with Gasteiger partial charge in [0.25, 0.3) is 0 Å². The number of pyridine rings is 1. The lowest BCUT2D eigenvalue weighted by atomic mass is 9.81. The van der Waals surface area contributed by atoms with E-state index in [1.807, 2.05) is 45.0 Å². The van der Waals surface area contributed by atoms with E-state index < -0.39 is 24.3 Å². The minimum atomic E-state index is -4.36. The lowest BCUT2D eigenvalue weighted by Crippen LogP contribution is -2.54. The normalized spacial score (nSPS) is 18.1. The van der Waals surface area contributed by atoms with Crippen molar-refractivity contribution in [3.8, 4) is 5.75 Å². The lowest BCUT2D eigenvalue weighted by Gasteiger charge is -2.48. The Morgan fingerprint density at radius 1 is 1.20 bits per heavy atom. The van der Waals surface area contributed by atoms with Crippen LogP contribution in [0, 0.1) is 6.92 Å². The highest BCUT2D eigenvalue weighted by Gasteiger charge is 2.47. The summed E-state index contributed by atoms with van der Waals surface area (Å²) in [6.07, 6.45) is -0.192. The number of hydrogen-bond donors (Lipinski definition) is 2. The molecule has 0 unspecified atom stereocenters. The van der Waals surface area contributed by atoms with Crippen LogP contribution in [-0.2, 0) is 6.42 Å². The fraction of sp³-hybridized carbons (Fsp3) is 0.500. The van der Waals surface area contributed by atoms with E-state index in [0.717, 1.165) is 27.7 Å². The number of hydrogen-bond acceptors (Lipinski definition) is 4. The minimum absolute atomic E-state index is 0.346. The first-order valence-corrected chi connectivity index (χ1v) is 11.9. The maximum Gasteiger partial charge on any atom is 0.401 e. The number of ether oxygens (including phenoxy) is 1. The number of para-hydroxylation sites is 1. The molecule has 0 fully saturated rings. The van der Waals surface area contributed by atoms with Gasteiger partial charge in [-0.3, -0.25) is 14.3 Å². The highest BCUT2D eigenvalue weighted by atomic mass is 19.4. The molecule has 5 nitrogen and oxygen atoms in total. The first-order valence-electron chi connectivity index (χ1n) is 11.9. The van der Waals surface area contributed by atoms with Gasteiger partial charge in [-0.2, -0.15) is 13.2 Å². The number of benzene rings is 1. The molecule has 0 spiro atoms. The minimum Gasteiger partial charge on any atom is -0.490 e. The van der Waals surface area contributed by atoms with Crippen LogP contribution in [0.25, 0.3) is 10.9 Å². The van der Waals surface area contributed by atoms with Gasteiger partial charge in [0.15, 0.2) is 0 Å². The number of aromatic amines is 1. The Balaban J connectivity index is 1.74. The molecule has 0 bridgehead atoms. The average molecular weight is 493 g/mol. The molecule has 1 aliphatic rings. The summed E-state index contributed by atoms with van der Waals surface area (Å²) in [5, 5.41) is 4.13. The second kappa shape index (κ2) is 10.1. The SMILES string of the molecule is Cc1c(OCCNCCCF)cncc1[C@@H]1c2[nH]c3ccccc3c2CC(C)(C)N1CC(F)(F)F. The standard InChI is InChI=1S/C26H32F4N4O/c1-17-20(14-32-15-22(17)35-12-11-31-10-6-9-27)24-23-19(18-7-4-5-8-21(18)33-23)13-25(2,3)34(24)16-26(28,29)30/h4-5,7-8,14-15,24,31,33H,6,9-13,16H2,1-3H3/t24-/m1/s1. The molecule has 2 N–H and O–H groups in total. The Hall–Kier alpha value is -2.65. The van der Waals surface area contributed by atoms with Crippen LogP contribution >= 0.6 is 0 Å². The molecule has 0 saturated heterocycles. The first-order chi connectivity index (χ1) is 16.6. The third-order valence-electron chi connectivity index (χ3n) is 6.69. The molecule has 1 aromatic carbocycles. The van der Waals surface area contributed by atoms with Gasteiger partial charge in [0.2, 0.25) is 0 Å². The van der Waals surface area contributed by atoms with Crippen molar-refractivity contribution >= 4 is 10.9 Å². The van der Waals surface area contributed by atoms with E-state index in [1.165, 1.54) is 4.90 Å². The van der Waals surface area contributed by atoms with Crippen LogP contribution in [0.2, 0.25) is 0 Å². The quantitative estimate of drug-likeness (QED) is 0.307. The number of nitrogens with one attached hydrogen (secondary N) is 2. The van der Waals surface area contributed by atoms with Crippen LogP contribution in [0.4, 0.5) is 17.6 Å². The van der Waals surface area contributed by atoms with E-state index in [-0.39, 0.29) is 6.67 Å². The van der Waals surface area contributed by atoms with Crippen LogP contribution in [0.3, 0.4) is 0 Å². The predicted molar refractivity (Wildman–Crippen MR) is 129 cm³/mol. The number of alkyl halides is 4. The predicted octanol–water partition coefficient (Wildman–Crippen LogP) is 5.49. The average Bonchev–Trinajstić information content (AvgIpc) is 3.14. The zero-order chi connectivity index (χ0) is 25.2. The van der Waals surface area contributed by atoms with Crippen LogP contribution in [-0.4, -0.2) is 59.5 Å². The van der Waals surface area contributed by atoms with Gasteiger partial charge >= 0.3 is 6.18 Å². The molecule has 1 aliphatic heterocycles. The van der Waals surface area contributed by atoms with Gasteiger partial charge in [0, 0.05) is 40.4 Å². The highest BCUT2D eigenvalue weighted by Crippen LogP contribution is 2.47. The topological polar surface area (TPSA) is 53.2 Å². The highest BCUT2D eigenvalue weighted by molar-refractivity contribution is 5.85. The van der Waals surface area contributed by atoms with Crippen molar-refractivity contribution < 1.29 is 22.3 Å². The number of rotatable bonds is 9. The van der Waals surface area contributed by atoms with Crippen molar-refractivity contribution in [1.82, 2.24) is 20.2 Å². The summed E-state index contributed by atoms with van der Waals surface area (Å²) in [5.41, 5.74) is 3.40. The van der Waals surface area contributed by atoms with Gasteiger partial charge in [-0.1, -0.05) is 18.2 Å². The molecule has 35 heavy (non-hydrogen) atoms. The number of H-pyrrole nitrogens is 1. The van der Waals surface area contributed by atoms with Gasteiger partial charge < -0.3 is 15.0 Å². The number of halogens is 4. The maximum absolute atomic E-state index is 13.8. The molecule has 190 valence electrons. The third-order valence-corrected chi connectivity index (χ3v) is 6.69. The smallest absolute Gasteiger partial charge is 0.401 e. The molecule has 0 aliphatic carbocycles. The molecule has 0 amide bonds. The molecule has 3 heterocycles. The molecule has 9 heteroatoms. The fourth-order valence-electron chi connectivity index (χ4n) is 5.00.